The van der Waals surface area contributed by atoms with E-state index in [1.807, 2.05) is 18.2 Å². The highest BCUT2D eigenvalue weighted by Crippen LogP contribution is 2.27. The first-order valence-electron chi connectivity index (χ1n) is 9.31. The van der Waals surface area contributed by atoms with E-state index in [4.69, 9.17) is 9.47 Å². The fourth-order valence-electron chi connectivity index (χ4n) is 2.63. The molecule has 0 unspecified atom stereocenters. The van der Waals surface area contributed by atoms with Crippen molar-refractivity contribution in [2.45, 2.75) is 26.2 Å². The first-order valence-corrected chi connectivity index (χ1v) is 9.31. The summed E-state index contributed by atoms with van der Waals surface area (Å²) in [5, 5.41) is 5.67. The number of hydrogen-bond acceptors (Lipinski definition) is 5. The molecular formula is C21H27N3O4. The largest absolute Gasteiger partial charge is 0.493 e. The van der Waals surface area contributed by atoms with Crippen LogP contribution in [0.15, 0.2) is 36.7 Å². The van der Waals surface area contributed by atoms with Crippen LogP contribution in [0.25, 0.3) is 0 Å². The summed E-state index contributed by atoms with van der Waals surface area (Å²) in [6.45, 7) is 3.11. The number of pyridine rings is 1. The molecule has 150 valence electrons. The molecule has 0 spiro atoms. The highest BCUT2D eigenvalue weighted by atomic mass is 16.5. The number of ether oxygens (including phenoxy) is 2. The maximum Gasteiger partial charge on any atom is 0.252 e. The molecule has 0 fully saturated rings. The molecule has 28 heavy (non-hydrogen) atoms. The molecule has 0 aliphatic heterocycles. The number of unbranched alkanes of at least 4 members (excludes halogenated alkanes) is 1. The van der Waals surface area contributed by atoms with E-state index in [9.17, 15) is 9.59 Å². The molecule has 1 heterocycles. The lowest BCUT2D eigenvalue weighted by Crippen LogP contribution is -2.27. The molecule has 7 nitrogen and oxygen atoms in total. The van der Waals surface area contributed by atoms with Gasteiger partial charge in [0.1, 0.15) is 0 Å². The molecule has 2 amide bonds. The number of rotatable bonds is 10. The lowest BCUT2D eigenvalue weighted by molar-refractivity contribution is 0.0952. The summed E-state index contributed by atoms with van der Waals surface area (Å²) in [6, 6.07) is 7.20. The average Bonchev–Trinajstić information content (AvgIpc) is 2.73. The van der Waals surface area contributed by atoms with Crippen LogP contribution < -0.4 is 20.1 Å². The Morgan fingerprint density at radius 3 is 2.18 bits per heavy atom. The van der Waals surface area contributed by atoms with Gasteiger partial charge >= 0.3 is 0 Å². The van der Waals surface area contributed by atoms with E-state index in [0.29, 0.717) is 42.1 Å². The molecule has 0 bridgehead atoms. The summed E-state index contributed by atoms with van der Waals surface area (Å²) in [5.74, 6) is 0.824. The zero-order chi connectivity index (χ0) is 20.4. The van der Waals surface area contributed by atoms with Crippen molar-refractivity contribution >= 4 is 11.8 Å². The molecule has 0 aliphatic carbocycles. The zero-order valence-corrected chi connectivity index (χ0v) is 16.6. The van der Waals surface area contributed by atoms with Crippen molar-refractivity contribution in [1.29, 1.82) is 0 Å². The minimum atomic E-state index is -0.267. The minimum Gasteiger partial charge on any atom is -0.493 e. The summed E-state index contributed by atoms with van der Waals surface area (Å²) >= 11 is 0. The van der Waals surface area contributed by atoms with Crippen molar-refractivity contribution < 1.29 is 19.1 Å². The van der Waals surface area contributed by atoms with Crippen LogP contribution in [0, 0.1) is 0 Å². The highest BCUT2D eigenvalue weighted by Gasteiger charge is 2.11. The van der Waals surface area contributed by atoms with Crippen LogP contribution in [0.3, 0.4) is 0 Å². The number of aromatic nitrogens is 1. The van der Waals surface area contributed by atoms with Gasteiger partial charge in [-0.15, -0.1) is 0 Å². The van der Waals surface area contributed by atoms with Gasteiger partial charge in [0.25, 0.3) is 11.8 Å². The van der Waals surface area contributed by atoms with E-state index in [-0.39, 0.29) is 11.8 Å². The van der Waals surface area contributed by atoms with Crippen LogP contribution in [0.1, 0.15) is 46.0 Å². The number of benzene rings is 1. The third-order valence-corrected chi connectivity index (χ3v) is 4.23. The standard InChI is InChI=1S/C21H27N3O4/c1-4-5-9-23-20(25)16-12-17(14-22-13-16)21(26)24-10-8-15-6-7-18(27-2)19(11-15)28-3/h6-7,11-14H,4-5,8-10H2,1-3H3,(H,23,25)(H,24,26). The number of carbonyl (C=O) groups excluding carboxylic acids is 2. The second-order valence-corrected chi connectivity index (χ2v) is 6.27. The Balaban J connectivity index is 1.91. The molecule has 0 radical (unpaired) electrons. The Kier molecular flexibility index (Phi) is 8.27. The summed E-state index contributed by atoms with van der Waals surface area (Å²) in [4.78, 5) is 28.5. The van der Waals surface area contributed by atoms with Crippen molar-refractivity contribution in [3.63, 3.8) is 0 Å². The molecule has 0 saturated heterocycles. The van der Waals surface area contributed by atoms with E-state index in [2.05, 4.69) is 22.5 Å². The number of nitrogens with one attached hydrogen (secondary N) is 2. The van der Waals surface area contributed by atoms with Gasteiger partial charge in [-0.2, -0.15) is 0 Å². The Morgan fingerprint density at radius 1 is 0.929 bits per heavy atom. The number of amides is 2. The van der Waals surface area contributed by atoms with E-state index < -0.39 is 0 Å². The van der Waals surface area contributed by atoms with Gasteiger partial charge in [0.15, 0.2) is 11.5 Å². The lowest BCUT2D eigenvalue weighted by atomic mass is 10.1. The predicted molar refractivity (Wildman–Crippen MR) is 107 cm³/mol. The van der Waals surface area contributed by atoms with Gasteiger partial charge in [-0.05, 0) is 36.6 Å². The van der Waals surface area contributed by atoms with Crippen molar-refractivity contribution in [3.8, 4) is 11.5 Å². The molecule has 7 heteroatoms. The molecule has 0 saturated carbocycles. The maximum absolute atomic E-state index is 12.4. The third-order valence-electron chi connectivity index (χ3n) is 4.23. The van der Waals surface area contributed by atoms with E-state index in [0.717, 1.165) is 18.4 Å². The predicted octanol–water partition coefficient (Wildman–Crippen LogP) is 2.60. The smallest absolute Gasteiger partial charge is 0.252 e. The summed E-state index contributed by atoms with van der Waals surface area (Å²) in [5.41, 5.74) is 1.75. The van der Waals surface area contributed by atoms with Crippen LogP contribution in [0.4, 0.5) is 0 Å². The molecular weight excluding hydrogens is 358 g/mol. The lowest BCUT2D eigenvalue weighted by Gasteiger charge is -2.10. The zero-order valence-electron chi connectivity index (χ0n) is 16.6. The first kappa shape index (κ1) is 21.2. The molecule has 0 atom stereocenters. The fraction of sp³-hybridized carbons (Fsp3) is 0.381. The van der Waals surface area contributed by atoms with Crippen LogP contribution in [-0.2, 0) is 6.42 Å². The molecule has 2 aromatic rings. The van der Waals surface area contributed by atoms with Crippen molar-refractivity contribution in [2.75, 3.05) is 27.3 Å². The van der Waals surface area contributed by atoms with Crippen molar-refractivity contribution in [2.24, 2.45) is 0 Å². The van der Waals surface area contributed by atoms with Gasteiger partial charge in [-0.3, -0.25) is 14.6 Å². The molecule has 0 aliphatic rings. The van der Waals surface area contributed by atoms with Crippen LogP contribution in [0.2, 0.25) is 0 Å². The molecule has 2 N–H and O–H groups in total. The fourth-order valence-corrected chi connectivity index (χ4v) is 2.63. The van der Waals surface area contributed by atoms with Gasteiger partial charge < -0.3 is 20.1 Å². The van der Waals surface area contributed by atoms with Gasteiger partial charge in [0.2, 0.25) is 0 Å². The Bertz CT molecular complexity index is 808. The van der Waals surface area contributed by atoms with E-state index in [1.165, 1.54) is 12.4 Å². The molecule has 1 aromatic carbocycles. The van der Waals surface area contributed by atoms with E-state index >= 15 is 0 Å². The van der Waals surface area contributed by atoms with Gasteiger partial charge in [0, 0.05) is 25.5 Å². The summed E-state index contributed by atoms with van der Waals surface area (Å²) in [7, 11) is 3.17. The SMILES string of the molecule is CCCCNC(=O)c1cncc(C(=O)NCCc2ccc(OC)c(OC)c2)c1. The van der Waals surface area contributed by atoms with Crippen LogP contribution in [-0.4, -0.2) is 44.1 Å². The van der Waals surface area contributed by atoms with Gasteiger partial charge in [-0.1, -0.05) is 19.4 Å². The first-order chi connectivity index (χ1) is 13.6. The number of nitrogens with zero attached hydrogens (tertiary/aromatic N) is 1. The maximum atomic E-state index is 12.4. The van der Waals surface area contributed by atoms with Gasteiger partial charge in [0.05, 0.1) is 25.3 Å². The monoisotopic (exact) mass is 385 g/mol. The Morgan fingerprint density at radius 2 is 1.57 bits per heavy atom. The topological polar surface area (TPSA) is 89.6 Å². The molecule has 1 aromatic heterocycles. The number of carbonyl (C=O) groups is 2. The quantitative estimate of drug-likeness (QED) is 0.614. The van der Waals surface area contributed by atoms with Crippen LogP contribution in [0.5, 0.6) is 11.5 Å². The van der Waals surface area contributed by atoms with E-state index in [1.54, 1.807) is 20.3 Å². The Labute approximate surface area is 165 Å². The summed E-state index contributed by atoms with van der Waals surface area (Å²) in [6.07, 6.45) is 5.46. The summed E-state index contributed by atoms with van der Waals surface area (Å²) < 4.78 is 10.5. The second kappa shape index (κ2) is 10.9. The molecule has 2 rings (SSSR count). The number of hydrogen-bond donors (Lipinski definition) is 2. The normalized spacial score (nSPS) is 10.2. The number of methoxy groups -OCH3 is 2. The van der Waals surface area contributed by atoms with Crippen LogP contribution >= 0.6 is 0 Å². The Hall–Kier alpha value is -3.09. The second-order valence-electron chi connectivity index (χ2n) is 6.27. The third kappa shape index (κ3) is 5.97. The highest BCUT2D eigenvalue weighted by molar-refractivity contribution is 5.99. The van der Waals surface area contributed by atoms with Crippen molar-refractivity contribution in [3.05, 3.63) is 53.3 Å². The van der Waals surface area contributed by atoms with Gasteiger partial charge in [-0.25, -0.2) is 0 Å². The van der Waals surface area contributed by atoms with Crippen molar-refractivity contribution in [1.82, 2.24) is 15.6 Å². The minimum absolute atomic E-state index is 0.221. The average molecular weight is 385 g/mol.